The molecule has 4 fully saturated rings. The molecule has 0 aliphatic carbocycles. The summed E-state index contributed by atoms with van der Waals surface area (Å²) in [7, 11) is -14.6. The van der Waals surface area contributed by atoms with E-state index in [1.165, 1.54) is 22.5 Å². The Morgan fingerprint density at radius 3 is 1.10 bits per heavy atom. The predicted molar refractivity (Wildman–Crippen MR) is 481 cm³/mol. The van der Waals surface area contributed by atoms with Crippen LogP contribution in [0.2, 0.25) is 0 Å². The zero-order valence-corrected chi connectivity index (χ0v) is 74.0. The van der Waals surface area contributed by atoms with E-state index in [2.05, 4.69) is 76.2 Å². The SMILES string of the molecule is C[C@@H]1CC(Cn2ccc3nc(-c4cn[nH]c4)ccc32)CN1S(=O)(=O)CCc1ccccc1.C[C@H]1CC(Cn2ccc3nc(-c4cn[nH]c4)ccc32)CN1S(=O)(=O)c1cc(F)ccc1F.Cc1cc(S(=O)(=O)N2CC(Cn3ccc4nc(-c5cn[nH]c5)ccc43)C[C@@H]2C)ccc1F.Cc1cccc(S(=O)(=O)N2CC(Cn3ccc4nc(-c5cn[nH]c5)ccc43)C[C@@H]2C)c1. The molecule has 35 heteroatoms. The number of aryl methyl sites for hydroxylation is 3. The van der Waals surface area contributed by atoms with Gasteiger partial charge in [-0.05, 0) is 235 Å². The summed E-state index contributed by atoms with van der Waals surface area (Å²) in [6, 6.07) is 47.0. The van der Waals surface area contributed by atoms with Crippen molar-refractivity contribution in [3.8, 4) is 45.0 Å². The van der Waals surface area contributed by atoms with Gasteiger partial charge in [0.15, 0.2) is 0 Å². The molecule has 4 aromatic carbocycles. The van der Waals surface area contributed by atoms with Gasteiger partial charge in [-0.25, -0.2) is 66.8 Å². The fourth-order valence-corrected chi connectivity index (χ4v) is 25.5. The summed E-state index contributed by atoms with van der Waals surface area (Å²) in [6.07, 6.45) is 25.9. The molecule has 12 aromatic heterocycles. The molecule has 16 aromatic rings. The molecule has 0 radical (unpaired) electrons. The number of pyridine rings is 4. The van der Waals surface area contributed by atoms with Crippen LogP contribution in [0.15, 0.2) is 253 Å². The maximum atomic E-state index is 14.2. The van der Waals surface area contributed by atoms with E-state index in [1.54, 1.807) is 75.9 Å². The third kappa shape index (κ3) is 18.7. The molecule has 8 atom stereocenters. The predicted octanol–water partition coefficient (Wildman–Crippen LogP) is 15.3. The van der Waals surface area contributed by atoms with Crippen molar-refractivity contribution in [3.05, 3.63) is 272 Å². The van der Waals surface area contributed by atoms with Crippen LogP contribution in [0.3, 0.4) is 0 Å². The number of hydrogen-bond donors (Lipinski definition) is 4. The molecule has 4 unspecified atom stereocenters. The molecule has 0 amide bonds. The van der Waals surface area contributed by atoms with Gasteiger partial charge in [0.1, 0.15) is 22.3 Å². The lowest BCUT2D eigenvalue weighted by Gasteiger charge is -2.21. The van der Waals surface area contributed by atoms with Crippen molar-refractivity contribution in [2.75, 3.05) is 31.9 Å². The zero-order chi connectivity index (χ0) is 88.6. The van der Waals surface area contributed by atoms with E-state index in [4.69, 9.17) is 15.0 Å². The second kappa shape index (κ2) is 36.3. The lowest BCUT2D eigenvalue weighted by molar-refractivity contribution is 0.395. The van der Waals surface area contributed by atoms with Crippen LogP contribution in [-0.2, 0) is 72.7 Å². The van der Waals surface area contributed by atoms with E-state index in [1.807, 2.05) is 168 Å². The lowest BCUT2D eigenvalue weighted by Crippen LogP contribution is -2.36. The van der Waals surface area contributed by atoms with Crippen LogP contribution in [0, 0.1) is 55.0 Å². The largest absolute Gasteiger partial charge is 0.346 e. The van der Waals surface area contributed by atoms with Crippen LogP contribution in [0.4, 0.5) is 13.2 Å². The van der Waals surface area contributed by atoms with Crippen molar-refractivity contribution in [1.29, 1.82) is 0 Å². The number of fused-ring (bicyclic) bond motifs is 4. The number of benzene rings is 4. The minimum Gasteiger partial charge on any atom is -0.346 e. The molecule has 4 saturated heterocycles. The Morgan fingerprint density at radius 2 is 0.732 bits per heavy atom. The fraction of sp³-hybridized carbons (Fsp3) is 0.304. The van der Waals surface area contributed by atoms with Crippen molar-refractivity contribution in [3.63, 3.8) is 0 Å². The molecule has 4 N–H and O–H groups in total. The smallest absolute Gasteiger partial charge is 0.246 e. The van der Waals surface area contributed by atoms with E-state index in [0.29, 0.717) is 56.0 Å². The normalized spacial score (nSPS) is 19.8. The highest BCUT2D eigenvalue weighted by atomic mass is 32.2. The molecule has 4 aliphatic heterocycles. The first-order chi connectivity index (χ1) is 61.1. The topological polar surface area (TPSA) is 336 Å². The van der Waals surface area contributed by atoms with Gasteiger partial charge >= 0.3 is 0 Å². The maximum Gasteiger partial charge on any atom is 0.246 e. The summed E-state index contributed by atoms with van der Waals surface area (Å²) >= 11 is 0. The third-order valence-corrected chi connectivity index (χ3v) is 32.5. The van der Waals surface area contributed by atoms with Crippen LogP contribution in [-0.4, -0.2) is 186 Å². The average Bonchev–Trinajstić information content (AvgIpc) is 1.65. The van der Waals surface area contributed by atoms with E-state index in [0.717, 1.165) is 151 Å². The molecule has 16 heterocycles. The quantitative estimate of drug-likeness (QED) is 0.0490. The number of hydrogen-bond acceptors (Lipinski definition) is 16. The molecular weight excluding hydrogens is 1700 g/mol. The highest BCUT2D eigenvalue weighted by Gasteiger charge is 2.43. The van der Waals surface area contributed by atoms with Crippen LogP contribution < -0.4 is 0 Å². The minimum absolute atomic E-state index is 0.0217. The number of halogens is 3. The Bertz CT molecular complexity index is 7080. The summed E-state index contributed by atoms with van der Waals surface area (Å²) in [4.78, 5) is 18.8. The van der Waals surface area contributed by atoms with Gasteiger partial charge in [0.05, 0.1) is 107 Å². The number of sulfonamides is 4. The summed E-state index contributed by atoms with van der Waals surface area (Å²) in [5, 5.41) is 27.1. The Labute approximate surface area is 734 Å². The molecular formula is C92H97F3N20O8S4. The standard InChI is InChI=1S/C24H27N5O2S.C23H24FN5O2S.C23H25N5O2S.C22H21F2N5O2S/c1-18-13-20(17-29(18)32(30,31)12-10-19-5-3-2-4-6-19)16-28-11-9-23-24(28)8-7-22(27-23)21-14-25-26-15-21;1-15-9-19(3-4-20(15)24)32(30,31)29-14-17(10-16(29)2)13-28-8-7-22-23(28)6-5-21(27-22)18-11-25-26-12-18;1-16-4-3-5-20(10-16)31(29,30)28-15-18(11-17(28)2)14-27-9-8-22-23(27)7-6-21(26-22)19-12-24-25-13-19;1-14-8-15(13-29(14)32(30,31)22-9-17(23)2-3-18(22)24)12-28-7-6-20-21(28)5-4-19(27-20)16-10-25-26-11-16/h2-9,11,14-15,18,20H,10,12-13,16-17H2,1H3,(H,25,26);3-9,11-12,16-17H,10,13-14H2,1-2H3,(H,25,26);3-10,12-13,17-18H,11,14-15H2,1-2H3,(H,24,25);2-7,9-11,14-15H,8,12-13H2,1H3,(H,25,26)/t18-,20?;16-,17?;17-,18?;14-,15?/m1000/s1. The molecule has 127 heavy (non-hydrogen) atoms. The van der Waals surface area contributed by atoms with Gasteiger partial charge in [-0.15, -0.1) is 0 Å². The molecule has 0 bridgehead atoms. The third-order valence-electron chi connectivity index (χ3n) is 24.6. The second-order valence-corrected chi connectivity index (χ2v) is 41.4. The first-order valence-electron chi connectivity index (χ1n) is 42.2. The Kier molecular flexibility index (Phi) is 24.9. The van der Waals surface area contributed by atoms with Gasteiger partial charge in [-0.3, -0.25) is 20.4 Å². The zero-order valence-electron chi connectivity index (χ0n) is 70.7. The minimum atomic E-state index is -4.14. The summed E-state index contributed by atoms with van der Waals surface area (Å²) in [5.41, 5.74) is 17.2. The van der Waals surface area contributed by atoms with Gasteiger partial charge in [0.25, 0.3) is 0 Å². The highest BCUT2D eigenvalue weighted by Crippen LogP contribution is 2.38. The number of rotatable bonds is 22. The number of H-pyrrole nitrogens is 4. The van der Waals surface area contributed by atoms with Crippen LogP contribution in [0.5, 0.6) is 0 Å². The maximum absolute atomic E-state index is 14.2. The second-order valence-electron chi connectivity index (χ2n) is 33.7. The van der Waals surface area contributed by atoms with Gasteiger partial charge in [-0.2, -0.15) is 37.6 Å². The number of nitrogens with one attached hydrogen (secondary N) is 4. The summed E-state index contributed by atoms with van der Waals surface area (Å²) < 4.78 is 161. The van der Waals surface area contributed by atoms with Crippen LogP contribution in [0.25, 0.3) is 89.2 Å². The van der Waals surface area contributed by atoms with Gasteiger partial charge in [-0.1, -0.05) is 42.5 Å². The van der Waals surface area contributed by atoms with Gasteiger partial charge in [0, 0.05) is 148 Å². The van der Waals surface area contributed by atoms with E-state index >= 15 is 0 Å². The van der Waals surface area contributed by atoms with E-state index in [-0.39, 0.29) is 65.0 Å². The summed E-state index contributed by atoms with van der Waals surface area (Å²) in [5.74, 6) is -1.25. The van der Waals surface area contributed by atoms with Crippen LogP contribution >= 0.6 is 0 Å². The molecule has 0 spiro atoms. The molecule has 4 aliphatic rings. The first kappa shape index (κ1) is 87.0. The fourth-order valence-electron chi connectivity index (χ4n) is 18.2. The lowest BCUT2D eigenvalue weighted by atomic mass is 10.1. The number of nitrogens with zero attached hydrogens (tertiary/aromatic N) is 16. The van der Waals surface area contributed by atoms with Crippen molar-refractivity contribution < 1.29 is 46.8 Å². The molecule has 28 nitrogen and oxygen atoms in total. The number of aromatic amines is 4. The molecule has 0 saturated carbocycles. The number of aromatic nitrogens is 16. The Hall–Kier alpha value is -12.1. The monoisotopic (exact) mass is 1790 g/mol. The van der Waals surface area contributed by atoms with Crippen molar-refractivity contribution in [2.45, 2.75) is 139 Å². The first-order valence-corrected chi connectivity index (χ1v) is 48.2. The van der Waals surface area contributed by atoms with E-state index < -0.39 is 62.4 Å². The Balaban J connectivity index is 0.000000119. The van der Waals surface area contributed by atoms with Crippen LogP contribution in [0.1, 0.15) is 70.1 Å². The van der Waals surface area contributed by atoms with E-state index in [9.17, 15) is 46.8 Å². The summed E-state index contributed by atoms with van der Waals surface area (Å²) in [6.45, 7) is 15.8. The Morgan fingerprint density at radius 1 is 0.370 bits per heavy atom. The average molecular weight is 1800 g/mol. The van der Waals surface area contributed by atoms with Crippen molar-refractivity contribution >= 4 is 84.2 Å². The molecule has 20 rings (SSSR count). The highest BCUT2D eigenvalue weighted by molar-refractivity contribution is 7.90. The van der Waals surface area contributed by atoms with Crippen molar-refractivity contribution in [2.24, 2.45) is 23.7 Å². The molecule has 658 valence electrons. The van der Waals surface area contributed by atoms with Crippen molar-refractivity contribution in [1.82, 2.24) is 96.2 Å². The van der Waals surface area contributed by atoms with Gasteiger partial charge in [0.2, 0.25) is 40.1 Å². The van der Waals surface area contributed by atoms with Gasteiger partial charge < -0.3 is 18.3 Å².